The van der Waals surface area contributed by atoms with Crippen LogP contribution in [0.5, 0.6) is 17.2 Å². The molecule has 1 saturated heterocycles. The maximum Gasteiger partial charge on any atom is 0.321 e. The number of rotatable bonds is 6. The molecule has 0 spiro atoms. The lowest BCUT2D eigenvalue weighted by Crippen LogP contribution is -2.50. The summed E-state index contributed by atoms with van der Waals surface area (Å²) in [7, 11) is 4.65. The quantitative estimate of drug-likeness (QED) is 0.863. The van der Waals surface area contributed by atoms with Gasteiger partial charge in [-0.2, -0.15) is 0 Å². The average molecular weight is 337 g/mol. The van der Waals surface area contributed by atoms with Gasteiger partial charge < -0.3 is 24.4 Å². The van der Waals surface area contributed by atoms with Gasteiger partial charge in [-0.05, 0) is 13.0 Å². The van der Waals surface area contributed by atoms with Crippen molar-refractivity contribution in [3.05, 3.63) is 12.1 Å². The molecule has 1 N–H and O–H groups in total. The van der Waals surface area contributed by atoms with Crippen molar-refractivity contribution in [2.24, 2.45) is 0 Å². The first kappa shape index (κ1) is 18.2. The third kappa shape index (κ3) is 4.23. The van der Waals surface area contributed by atoms with Crippen LogP contribution in [0.15, 0.2) is 12.1 Å². The van der Waals surface area contributed by atoms with Crippen molar-refractivity contribution in [2.75, 3.05) is 59.4 Å². The summed E-state index contributed by atoms with van der Waals surface area (Å²) in [6.07, 6.45) is 1.14. The Labute approximate surface area is 143 Å². The van der Waals surface area contributed by atoms with Crippen molar-refractivity contribution in [1.29, 1.82) is 0 Å². The van der Waals surface area contributed by atoms with E-state index >= 15 is 0 Å². The first-order valence-electron chi connectivity index (χ1n) is 8.21. The van der Waals surface area contributed by atoms with Gasteiger partial charge in [-0.15, -0.1) is 0 Å². The summed E-state index contributed by atoms with van der Waals surface area (Å²) < 4.78 is 15.9. The van der Waals surface area contributed by atoms with Crippen LogP contribution < -0.4 is 19.5 Å². The van der Waals surface area contributed by atoms with Crippen LogP contribution in [-0.2, 0) is 0 Å². The Bertz CT molecular complexity index is 532. The Morgan fingerprint density at radius 3 is 2.08 bits per heavy atom. The zero-order valence-corrected chi connectivity index (χ0v) is 14.9. The summed E-state index contributed by atoms with van der Waals surface area (Å²) in [5.74, 6) is 1.53. The number of methoxy groups -OCH3 is 3. The maximum absolute atomic E-state index is 12.5. The molecule has 2 amide bonds. The Hall–Kier alpha value is -2.15. The van der Waals surface area contributed by atoms with E-state index in [1.807, 2.05) is 4.90 Å². The summed E-state index contributed by atoms with van der Waals surface area (Å²) in [5.41, 5.74) is 0.616. The van der Waals surface area contributed by atoms with Crippen molar-refractivity contribution >= 4 is 11.7 Å². The van der Waals surface area contributed by atoms with Crippen LogP contribution in [0.2, 0.25) is 0 Å². The van der Waals surface area contributed by atoms with Crippen molar-refractivity contribution in [3.63, 3.8) is 0 Å². The van der Waals surface area contributed by atoms with Crippen molar-refractivity contribution in [2.45, 2.75) is 13.3 Å². The first-order valence-corrected chi connectivity index (χ1v) is 8.21. The van der Waals surface area contributed by atoms with Gasteiger partial charge in [-0.3, -0.25) is 4.90 Å². The highest BCUT2D eigenvalue weighted by atomic mass is 16.5. The third-order valence-electron chi connectivity index (χ3n) is 4.12. The molecule has 7 heteroatoms. The maximum atomic E-state index is 12.5. The zero-order chi connectivity index (χ0) is 17.5. The van der Waals surface area contributed by atoms with E-state index in [1.54, 1.807) is 33.5 Å². The smallest absolute Gasteiger partial charge is 0.321 e. The van der Waals surface area contributed by atoms with Crippen molar-refractivity contribution < 1.29 is 19.0 Å². The first-order chi connectivity index (χ1) is 11.6. The van der Waals surface area contributed by atoms with Crippen LogP contribution in [0, 0.1) is 0 Å². The molecule has 1 aliphatic heterocycles. The van der Waals surface area contributed by atoms with Crippen LogP contribution in [0.3, 0.4) is 0 Å². The fraction of sp³-hybridized carbons (Fsp3) is 0.588. The summed E-state index contributed by atoms with van der Waals surface area (Å²) >= 11 is 0. The van der Waals surface area contributed by atoms with E-state index in [9.17, 15) is 4.79 Å². The lowest BCUT2D eigenvalue weighted by atomic mass is 10.2. The van der Waals surface area contributed by atoms with Crippen molar-refractivity contribution in [3.8, 4) is 17.2 Å². The Balaban J connectivity index is 2.04. The molecule has 0 aromatic heterocycles. The molecule has 0 bridgehead atoms. The Morgan fingerprint density at radius 1 is 1.04 bits per heavy atom. The normalized spacial score (nSPS) is 15.1. The molecule has 0 atom stereocenters. The number of piperazine rings is 1. The average Bonchev–Trinajstić information content (AvgIpc) is 2.61. The molecule has 0 radical (unpaired) electrons. The molecule has 134 valence electrons. The number of hydrogen-bond donors (Lipinski definition) is 1. The molecule has 2 rings (SSSR count). The minimum atomic E-state index is -0.111. The van der Waals surface area contributed by atoms with Gasteiger partial charge in [-0.25, -0.2) is 4.79 Å². The van der Waals surface area contributed by atoms with Gasteiger partial charge in [0, 0.05) is 38.3 Å². The van der Waals surface area contributed by atoms with E-state index < -0.39 is 0 Å². The molecule has 7 nitrogen and oxygen atoms in total. The molecular weight excluding hydrogens is 310 g/mol. The highest BCUT2D eigenvalue weighted by Crippen LogP contribution is 2.39. The second-order valence-electron chi connectivity index (χ2n) is 5.67. The summed E-state index contributed by atoms with van der Waals surface area (Å²) in [6.45, 7) is 6.55. The number of anilines is 1. The second kappa shape index (κ2) is 8.63. The second-order valence-corrected chi connectivity index (χ2v) is 5.67. The van der Waals surface area contributed by atoms with E-state index in [4.69, 9.17) is 14.2 Å². The Morgan fingerprint density at radius 2 is 1.62 bits per heavy atom. The molecule has 0 saturated carbocycles. The lowest BCUT2D eigenvalue weighted by Gasteiger charge is -2.34. The minimum Gasteiger partial charge on any atom is -0.493 e. The fourth-order valence-corrected chi connectivity index (χ4v) is 2.85. The van der Waals surface area contributed by atoms with Crippen LogP contribution >= 0.6 is 0 Å². The number of nitrogens with zero attached hydrogens (tertiary/aromatic N) is 2. The van der Waals surface area contributed by atoms with Gasteiger partial charge in [0.25, 0.3) is 0 Å². The molecular formula is C17H27N3O4. The minimum absolute atomic E-state index is 0.111. The van der Waals surface area contributed by atoms with Gasteiger partial charge in [-0.1, -0.05) is 6.92 Å². The van der Waals surface area contributed by atoms with Crippen LogP contribution in [0.4, 0.5) is 10.5 Å². The molecule has 1 aliphatic rings. The van der Waals surface area contributed by atoms with E-state index in [0.717, 1.165) is 39.1 Å². The standard InChI is InChI=1S/C17H27N3O4/c1-5-6-19-7-9-20(10-8-19)17(21)18-13-11-14(22-2)16(24-4)15(12-13)23-3/h11-12H,5-10H2,1-4H3,(H,18,21). The highest BCUT2D eigenvalue weighted by Gasteiger charge is 2.21. The predicted octanol–water partition coefficient (Wildman–Crippen LogP) is 2.27. The van der Waals surface area contributed by atoms with Crippen LogP contribution in [0.1, 0.15) is 13.3 Å². The van der Waals surface area contributed by atoms with Crippen LogP contribution in [0.25, 0.3) is 0 Å². The molecule has 1 aromatic carbocycles. The van der Waals surface area contributed by atoms with E-state index in [-0.39, 0.29) is 6.03 Å². The number of ether oxygens (including phenoxy) is 3. The number of urea groups is 1. The highest BCUT2D eigenvalue weighted by molar-refractivity contribution is 5.90. The molecule has 1 aromatic rings. The lowest BCUT2D eigenvalue weighted by molar-refractivity contribution is 0.147. The number of amides is 2. The van der Waals surface area contributed by atoms with Gasteiger partial charge >= 0.3 is 6.03 Å². The summed E-state index contributed by atoms with van der Waals surface area (Å²) in [4.78, 5) is 16.7. The van der Waals surface area contributed by atoms with Gasteiger partial charge in [0.1, 0.15) is 0 Å². The molecule has 1 heterocycles. The Kier molecular flexibility index (Phi) is 6.54. The fourth-order valence-electron chi connectivity index (χ4n) is 2.85. The van der Waals surface area contributed by atoms with Crippen molar-refractivity contribution in [1.82, 2.24) is 9.80 Å². The largest absolute Gasteiger partial charge is 0.493 e. The zero-order valence-electron chi connectivity index (χ0n) is 14.9. The van der Waals surface area contributed by atoms with E-state index in [0.29, 0.717) is 22.9 Å². The molecule has 1 fully saturated rings. The summed E-state index contributed by atoms with van der Waals surface area (Å²) in [6, 6.07) is 3.35. The number of benzene rings is 1. The van der Waals surface area contributed by atoms with E-state index in [2.05, 4.69) is 17.1 Å². The SMILES string of the molecule is CCCN1CCN(C(=O)Nc2cc(OC)c(OC)c(OC)c2)CC1. The summed E-state index contributed by atoms with van der Waals surface area (Å²) in [5, 5.41) is 2.91. The molecule has 0 aliphatic carbocycles. The number of carbonyl (C=O) groups excluding carboxylic acids is 1. The third-order valence-corrected chi connectivity index (χ3v) is 4.12. The monoisotopic (exact) mass is 337 g/mol. The number of hydrogen-bond acceptors (Lipinski definition) is 5. The number of nitrogens with one attached hydrogen (secondary N) is 1. The van der Waals surface area contributed by atoms with Crippen LogP contribution in [-0.4, -0.2) is 69.9 Å². The van der Waals surface area contributed by atoms with Gasteiger partial charge in [0.2, 0.25) is 5.75 Å². The number of carbonyl (C=O) groups is 1. The van der Waals surface area contributed by atoms with Gasteiger partial charge in [0.05, 0.1) is 27.0 Å². The van der Waals surface area contributed by atoms with Gasteiger partial charge in [0.15, 0.2) is 11.5 Å². The van der Waals surface area contributed by atoms with E-state index in [1.165, 1.54) is 0 Å². The molecule has 0 unspecified atom stereocenters. The predicted molar refractivity (Wildman–Crippen MR) is 93.4 cm³/mol. The topological polar surface area (TPSA) is 63.3 Å². The molecule has 24 heavy (non-hydrogen) atoms.